The van der Waals surface area contributed by atoms with E-state index >= 15 is 0 Å². The Morgan fingerprint density at radius 2 is 2.00 bits per heavy atom. The van der Waals surface area contributed by atoms with E-state index in [0.29, 0.717) is 19.7 Å². The molecule has 0 saturated carbocycles. The fraction of sp³-hybridized carbons (Fsp3) is 1.00. The highest BCUT2D eigenvalue weighted by atomic mass is 31.2. The van der Waals surface area contributed by atoms with Crippen molar-refractivity contribution in [3.63, 3.8) is 0 Å². The molecule has 2 rings (SSSR count). The van der Waals surface area contributed by atoms with Crippen molar-refractivity contribution in [1.82, 2.24) is 19.3 Å². The van der Waals surface area contributed by atoms with Crippen molar-refractivity contribution in [1.29, 1.82) is 0 Å². The van der Waals surface area contributed by atoms with Gasteiger partial charge in [0.05, 0.1) is 38.1 Å². The molecule has 0 aromatic carbocycles. The van der Waals surface area contributed by atoms with Crippen molar-refractivity contribution in [2.45, 2.75) is 25.2 Å². The van der Waals surface area contributed by atoms with E-state index in [4.69, 9.17) is 18.5 Å². The average molecular weight is 428 g/mol. The molecule has 10 nitrogen and oxygen atoms in total. The molecule has 1 N–H and O–H groups in total. The normalized spacial score (nSPS) is 31.7. The summed E-state index contributed by atoms with van der Waals surface area (Å²) in [6.07, 6.45) is -0.574. The van der Waals surface area contributed by atoms with Crippen LogP contribution < -0.4 is 5.09 Å². The Balaban J connectivity index is 1.92. The lowest BCUT2D eigenvalue weighted by molar-refractivity contribution is -0.0769. The fourth-order valence-electron chi connectivity index (χ4n) is 3.06. The van der Waals surface area contributed by atoms with Gasteiger partial charge in [-0.15, -0.1) is 0 Å². The number of likely N-dealkylation sites (N-methyl/N-ethyl adjacent to an activating group) is 1. The molecule has 2 aliphatic heterocycles. The number of morpholine rings is 2. The van der Waals surface area contributed by atoms with Gasteiger partial charge in [-0.05, 0) is 35.1 Å². The lowest BCUT2D eigenvalue weighted by atomic mass is 10.2. The minimum atomic E-state index is -3.23. The summed E-state index contributed by atoms with van der Waals surface area (Å²) < 4.78 is 51.3. The lowest BCUT2D eigenvalue weighted by Gasteiger charge is -2.40. The number of nitrogens with one attached hydrogen (secondary N) is 1. The molecule has 2 fully saturated rings. The number of rotatable bonds is 9. The Kier molecular flexibility index (Phi) is 9.35. The van der Waals surface area contributed by atoms with Crippen LogP contribution in [0, 0.1) is 0 Å². The van der Waals surface area contributed by atoms with E-state index in [9.17, 15) is 9.13 Å². The van der Waals surface area contributed by atoms with Crippen molar-refractivity contribution in [2.24, 2.45) is 0 Å². The Hall–Kier alpha value is 0.140. The van der Waals surface area contributed by atoms with Gasteiger partial charge in [0.25, 0.3) is 8.18 Å². The summed E-state index contributed by atoms with van der Waals surface area (Å²) in [6, 6.07) is 0. The van der Waals surface area contributed by atoms with Crippen LogP contribution in [0.1, 0.15) is 6.92 Å². The summed E-state index contributed by atoms with van der Waals surface area (Å²) >= 11 is 0. The molecule has 12 heteroatoms. The summed E-state index contributed by atoms with van der Waals surface area (Å²) in [7, 11) is 1.56. The van der Waals surface area contributed by atoms with Crippen LogP contribution in [0.15, 0.2) is 0 Å². The Morgan fingerprint density at radius 3 is 2.63 bits per heavy atom. The standard InChI is InChI=1S/C15H34N4O6P2/c1-13-8-19(10-15(25-13)11-23-26(20)17(3)4)27(21,16-2)24-12-14-9-18(5)6-7-22-14/h13-15,26H,6-12H2,1-5H3,(H,16,21)/t13-,14-,15-,27?/m0/s1. The highest BCUT2D eigenvalue weighted by Crippen LogP contribution is 2.47. The van der Waals surface area contributed by atoms with E-state index < -0.39 is 15.8 Å². The third-order valence-electron chi connectivity index (χ3n) is 4.50. The van der Waals surface area contributed by atoms with E-state index in [2.05, 4.69) is 9.99 Å². The largest absolute Gasteiger partial charge is 0.373 e. The minimum Gasteiger partial charge on any atom is -0.373 e. The number of hydrogen-bond donors (Lipinski definition) is 1. The van der Waals surface area contributed by atoms with Gasteiger partial charge >= 0.3 is 7.67 Å². The fourth-order valence-corrected chi connectivity index (χ4v) is 5.43. The molecule has 0 radical (unpaired) electrons. The van der Waals surface area contributed by atoms with Crippen molar-refractivity contribution in [2.75, 3.05) is 74.2 Å². The van der Waals surface area contributed by atoms with Crippen LogP contribution in [-0.4, -0.2) is 107 Å². The van der Waals surface area contributed by atoms with Crippen LogP contribution in [0.3, 0.4) is 0 Å². The monoisotopic (exact) mass is 428 g/mol. The molecule has 2 aliphatic rings. The van der Waals surface area contributed by atoms with Gasteiger partial charge in [-0.25, -0.2) is 14.4 Å². The first-order valence-corrected chi connectivity index (χ1v) is 12.1. The molecule has 160 valence electrons. The molecule has 0 aromatic heterocycles. The van der Waals surface area contributed by atoms with Gasteiger partial charge in [-0.1, -0.05) is 0 Å². The maximum Gasteiger partial charge on any atom is 0.343 e. The summed E-state index contributed by atoms with van der Waals surface area (Å²) in [6.45, 7) is 5.47. The maximum absolute atomic E-state index is 13.4. The van der Waals surface area contributed by atoms with Gasteiger partial charge in [0.1, 0.15) is 0 Å². The van der Waals surface area contributed by atoms with E-state index in [0.717, 1.165) is 13.1 Å². The SMILES string of the molecule is CNP(=O)(OC[C@@H]1CN(C)CCO1)N1C[C@@H](CO[PH](=O)N(C)C)O[C@@H](C)C1. The Morgan fingerprint density at radius 1 is 1.26 bits per heavy atom. The smallest absolute Gasteiger partial charge is 0.343 e. The van der Waals surface area contributed by atoms with Gasteiger partial charge in [0.15, 0.2) is 0 Å². The first-order valence-electron chi connectivity index (χ1n) is 9.22. The van der Waals surface area contributed by atoms with Crippen LogP contribution >= 0.6 is 15.8 Å². The quantitative estimate of drug-likeness (QED) is 0.530. The first kappa shape index (κ1) is 23.4. The molecule has 0 spiro atoms. The third kappa shape index (κ3) is 7.16. The molecule has 0 amide bonds. The second kappa shape index (κ2) is 10.8. The molecule has 2 saturated heterocycles. The number of hydrogen-bond acceptors (Lipinski definition) is 7. The van der Waals surface area contributed by atoms with Crippen molar-refractivity contribution >= 4 is 15.8 Å². The van der Waals surface area contributed by atoms with Crippen molar-refractivity contribution in [3.05, 3.63) is 0 Å². The van der Waals surface area contributed by atoms with E-state index in [1.165, 1.54) is 4.67 Å². The zero-order chi connectivity index (χ0) is 20.0. The molecule has 0 aliphatic carbocycles. The third-order valence-corrected chi connectivity index (χ3v) is 7.78. The van der Waals surface area contributed by atoms with Crippen LogP contribution in [0.2, 0.25) is 0 Å². The van der Waals surface area contributed by atoms with Gasteiger partial charge in [0, 0.05) is 26.2 Å². The van der Waals surface area contributed by atoms with E-state index in [1.807, 2.05) is 14.0 Å². The molecular formula is C15H34N4O6P2. The summed E-state index contributed by atoms with van der Waals surface area (Å²) in [5, 5.41) is 2.85. The minimum absolute atomic E-state index is 0.103. The Labute approximate surface area is 162 Å². The van der Waals surface area contributed by atoms with Gasteiger partial charge in [0.2, 0.25) is 0 Å². The second-order valence-corrected chi connectivity index (χ2v) is 11.2. The van der Waals surface area contributed by atoms with Crippen molar-refractivity contribution in [3.8, 4) is 0 Å². The maximum atomic E-state index is 13.4. The Bertz CT molecular complexity index is 540. The molecule has 27 heavy (non-hydrogen) atoms. The van der Waals surface area contributed by atoms with Crippen LogP contribution in [0.4, 0.5) is 0 Å². The molecule has 2 unspecified atom stereocenters. The topological polar surface area (TPSA) is 92.8 Å². The zero-order valence-corrected chi connectivity index (χ0v) is 18.8. The molecule has 0 aromatic rings. The van der Waals surface area contributed by atoms with Crippen LogP contribution in [0.25, 0.3) is 0 Å². The second-order valence-electron chi connectivity index (χ2n) is 7.21. The van der Waals surface area contributed by atoms with Crippen LogP contribution in [0.5, 0.6) is 0 Å². The summed E-state index contributed by atoms with van der Waals surface area (Å²) in [5.41, 5.74) is 0. The molecular weight excluding hydrogens is 394 g/mol. The molecule has 0 bridgehead atoms. The van der Waals surface area contributed by atoms with E-state index in [-0.39, 0.29) is 31.5 Å². The number of nitrogens with zero attached hydrogens (tertiary/aromatic N) is 3. The predicted molar refractivity (Wildman–Crippen MR) is 104 cm³/mol. The zero-order valence-electron chi connectivity index (χ0n) is 16.9. The predicted octanol–water partition coefficient (Wildman–Crippen LogP) is 0.718. The van der Waals surface area contributed by atoms with Crippen LogP contribution in [-0.2, 0) is 27.7 Å². The van der Waals surface area contributed by atoms with Crippen molar-refractivity contribution < 1.29 is 27.7 Å². The highest BCUT2D eigenvalue weighted by Gasteiger charge is 2.38. The van der Waals surface area contributed by atoms with Gasteiger partial charge in [-0.3, -0.25) is 9.13 Å². The summed E-state index contributed by atoms with van der Waals surface area (Å²) in [4.78, 5) is 2.17. The van der Waals surface area contributed by atoms with E-state index in [1.54, 1.807) is 25.8 Å². The average Bonchev–Trinajstić information content (AvgIpc) is 2.63. The number of ether oxygens (including phenoxy) is 2. The highest BCUT2D eigenvalue weighted by molar-refractivity contribution is 7.54. The lowest BCUT2D eigenvalue weighted by Crippen LogP contribution is -2.48. The molecule has 2 heterocycles. The summed E-state index contributed by atoms with van der Waals surface area (Å²) in [5.74, 6) is 0. The van der Waals surface area contributed by atoms with Gasteiger partial charge in [-0.2, -0.15) is 0 Å². The van der Waals surface area contributed by atoms with Gasteiger partial charge < -0.3 is 23.4 Å². The first-order chi connectivity index (χ1) is 12.7. The molecule has 5 atom stereocenters.